The third-order valence-corrected chi connectivity index (χ3v) is 7.41. The summed E-state index contributed by atoms with van der Waals surface area (Å²) < 4.78 is 1.62. The van der Waals surface area contributed by atoms with Crippen molar-refractivity contribution in [1.29, 1.82) is 0 Å². The van der Waals surface area contributed by atoms with Gasteiger partial charge in [0.2, 0.25) is 0 Å². The molecule has 0 saturated heterocycles. The van der Waals surface area contributed by atoms with Gasteiger partial charge in [-0.25, -0.2) is 4.68 Å². The van der Waals surface area contributed by atoms with Gasteiger partial charge in [-0.3, -0.25) is 4.79 Å². The van der Waals surface area contributed by atoms with Crippen LogP contribution in [0.3, 0.4) is 0 Å². The minimum absolute atomic E-state index is 0.0320. The van der Waals surface area contributed by atoms with Crippen LogP contribution in [-0.2, 0) is 0 Å². The second kappa shape index (κ2) is 6.14. The first kappa shape index (κ1) is 16.9. The molecule has 27 heavy (non-hydrogen) atoms. The molecule has 0 spiro atoms. The quantitative estimate of drug-likeness (QED) is 0.902. The third kappa shape index (κ3) is 2.86. The summed E-state index contributed by atoms with van der Waals surface area (Å²) >= 11 is 0. The standard InChI is InChI=1S/C21H27N5O/c1-13-5-18(3-4-19(13)26-12-22-24-25-26)20(27)23-14(2)21-9-15-6-16(10-21)8-17(7-15)11-21/h3-5,12,14-17H,6-11H2,1-2H3,(H,23,27)/t14-,15?,16?,17?,21?/m0/s1. The van der Waals surface area contributed by atoms with Crippen LogP contribution in [0.5, 0.6) is 0 Å². The molecule has 1 N–H and O–H groups in total. The predicted molar refractivity (Wildman–Crippen MR) is 101 cm³/mol. The van der Waals surface area contributed by atoms with E-state index in [0.717, 1.165) is 29.0 Å². The summed E-state index contributed by atoms with van der Waals surface area (Å²) in [6.07, 6.45) is 9.76. The zero-order chi connectivity index (χ0) is 18.6. The zero-order valence-electron chi connectivity index (χ0n) is 16.1. The normalized spacial score (nSPS) is 32.4. The van der Waals surface area contributed by atoms with Gasteiger partial charge in [0.25, 0.3) is 5.91 Å². The number of carbonyl (C=O) groups excluding carboxylic acids is 1. The molecule has 4 aliphatic carbocycles. The SMILES string of the molecule is Cc1cc(C(=O)N[C@@H](C)C23CC4CC(CC(C4)C2)C3)ccc1-n1cnnn1. The first-order valence-electron chi connectivity index (χ1n) is 10.2. The number of benzene rings is 1. The summed E-state index contributed by atoms with van der Waals surface area (Å²) in [4.78, 5) is 12.9. The average molecular weight is 365 g/mol. The summed E-state index contributed by atoms with van der Waals surface area (Å²) in [6.45, 7) is 4.21. The van der Waals surface area contributed by atoms with Gasteiger partial charge in [-0.2, -0.15) is 0 Å². The Kier molecular flexibility index (Phi) is 3.85. The molecule has 0 aliphatic heterocycles. The minimum atomic E-state index is 0.0320. The molecule has 6 nitrogen and oxygen atoms in total. The second-order valence-corrected chi connectivity index (χ2v) is 9.23. The lowest BCUT2D eigenvalue weighted by molar-refractivity contribution is -0.0688. The number of rotatable bonds is 4. The van der Waals surface area contributed by atoms with Gasteiger partial charge in [0, 0.05) is 11.6 Å². The van der Waals surface area contributed by atoms with Crippen LogP contribution < -0.4 is 5.32 Å². The maximum absolute atomic E-state index is 12.9. The van der Waals surface area contributed by atoms with Crippen LogP contribution in [0.25, 0.3) is 5.69 Å². The van der Waals surface area contributed by atoms with Crippen molar-refractivity contribution in [3.05, 3.63) is 35.7 Å². The van der Waals surface area contributed by atoms with E-state index < -0.39 is 0 Å². The van der Waals surface area contributed by atoms with Gasteiger partial charge in [-0.1, -0.05) is 0 Å². The molecule has 2 aromatic rings. The van der Waals surface area contributed by atoms with Crippen LogP contribution >= 0.6 is 0 Å². The number of hydrogen-bond acceptors (Lipinski definition) is 4. The highest BCUT2D eigenvalue weighted by atomic mass is 16.1. The van der Waals surface area contributed by atoms with Crippen LogP contribution in [0.4, 0.5) is 0 Å². The molecule has 4 saturated carbocycles. The summed E-state index contributed by atoms with van der Waals surface area (Å²) in [6, 6.07) is 5.94. The Balaban J connectivity index is 1.32. The fraction of sp³-hybridized carbons (Fsp3) is 0.619. The Hall–Kier alpha value is -2.24. The summed E-state index contributed by atoms with van der Waals surface area (Å²) in [5.74, 6) is 2.72. The molecule has 1 aromatic heterocycles. The van der Waals surface area contributed by atoms with E-state index in [2.05, 4.69) is 27.8 Å². The van der Waals surface area contributed by atoms with Crippen molar-refractivity contribution in [3.8, 4) is 5.69 Å². The highest BCUT2D eigenvalue weighted by molar-refractivity contribution is 5.94. The van der Waals surface area contributed by atoms with Gasteiger partial charge in [-0.15, -0.1) is 5.10 Å². The Labute approximate surface area is 159 Å². The largest absolute Gasteiger partial charge is 0.349 e. The molecule has 6 heteroatoms. The lowest BCUT2D eigenvalue weighted by atomic mass is 9.48. The van der Waals surface area contributed by atoms with Gasteiger partial charge in [0.15, 0.2) is 0 Å². The summed E-state index contributed by atoms with van der Waals surface area (Å²) in [5.41, 5.74) is 2.91. The van der Waals surface area contributed by atoms with Crippen molar-refractivity contribution >= 4 is 5.91 Å². The van der Waals surface area contributed by atoms with Crippen molar-refractivity contribution < 1.29 is 4.79 Å². The smallest absolute Gasteiger partial charge is 0.251 e. The molecule has 1 amide bonds. The van der Waals surface area contributed by atoms with Crippen LogP contribution in [-0.4, -0.2) is 32.2 Å². The van der Waals surface area contributed by atoms with E-state index in [9.17, 15) is 4.79 Å². The highest BCUT2D eigenvalue weighted by Gasteiger charge is 2.53. The average Bonchev–Trinajstić information content (AvgIpc) is 3.14. The van der Waals surface area contributed by atoms with E-state index in [4.69, 9.17) is 0 Å². The maximum Gasteiger partial charge on any atom is 0.251 e. The number of hydrogen-bond donors (Lipinski definition) is 1. The number of nitrogens with zero attached hydrogens (tertiary/aromatic N) is 4. The molecule has 1 aromatic carbocycles. The monoisotopic (exact) mass is 365 g/mol. The topological polar surface area (TPSA) is 72.7 Å². The molecular weight excluding hydrogens is 338 g/mol. The zero-order valence-corrected chi connectivity index (χ0v) is 16.1. The van der Waals surface area contributed by atoms with Gasteiger partial charge in [-0.05, 0) is 110 Å². The minimum Gasteiger partial charge on any atom is -0.349 e. The molecule has 1 atom stereocenters. The third-order valence-electron chi connectivity index (χ3n) is 7.41. The molecular formula is C21H27N5O. The molecule has 4 bridgehead atoms. The lowest BCUT2D eigenvalue weighted by Crippen LogP contribution is -2.55. The number of amides is 1. The lowest BCUT2D eigenvalue weighted by Gasteiger charge is -2.59. The molecule has 0 radical (unpaired) electrons. The fourth-order valence-electron chi connectivity index (χ4n) is 6.47. The molecule has 6 rings (SSSR count). The number of tetrazole rings is 1. The molecule has 0 unspecified atom stereocenters. The van der Waals surface area contributed by atoms with Gasteiger partial charge in [0.05, 0.1) is 5.69 Å². The number of aromatic nitrogens is 4. The van der Waals surface area contributed by atoms with E-state index >= 15 is 0 Å². The Bertz CT molecular complexity index is 824. The Morgan fingerprint density at radius 2 is 1.85 bits per heavy atom. The highest BCUT2D eigenvalue weighted by Crippen LogP contribution is 2.61. The maximum atomic E-state index is 12.9. The van der Waals surface area contributed by atoms with Crippen molar-refractivity contribution in [2.24, 2.45) is 23.2 Å². The van der Waals surface area contributed by atoms with Gasteiger partial charge < -0.3 is 5.32 Å². The van der Waals surface area contributed by atoms with Gasteiger partial charge >= 0.3 is 0 Å². The van der Waals surface area contributed by atoms with E-state index in [1.165, 1.54) is 38.5 Å². The molecule has 142 valence electrons. The molecule has 4 fully saturated rings. The van der Waals surface area contributed by atoms with E-state index in [1.807, 2.05) is 25.1 Å². The first-order valence-corrected chi connectivity index (χ1v) is 10.2. The Morgan fingerprint density at radius 3 is 2.41 bits per heavy atom. The first-order chi connectivity index (χ1) is 13.0. The second-order valence-electron chi connectivity index (χ2n) is 9.23. The predicted octanol–water partition coefficient (Wildman–Crippen LogP) is 3.31. The number of aryl methyl sites for hydroxylation is 1. The van der Waals surface area contributed by atoms with Crippen molar-refractivity contribution in [3.63, 3.8) is 0 Å². The van der Waals surface area contributed by atoms with Crippen LogP contribution in [0, 0.1) is 30.1 Å². The van der Waals surface area contributed by atoms with Gasteiger partial charge in [0.1, 0.15) is 6.33 Å². The Morgan fingerprint density at radius 1 is 1.19 bits per heavy atom. The van der Waals surface area contributed by atoms with Crippen molar-refractivity contribution in [2.75, 3.05) is 0 Å². The van der Waals surface area contributed by atoms with Crippen LogP contribution in [0.1, 0.15) is 61.4 Å². The summed E-state index contributed by atoms with van der Waals surface area (Å²) in [5, 5.41) is 14.6. The number of carbonyl (C=O) groups is 1. The number of nitrogens with one attached hydrogen (secondary N) is 1. The van der Waals surface area contributed by atoms with Crippen molar-refractivity contribution in [1.82, 2.24) is 25.5 Å². The molecule has 4 aliphatic rings. The fourth-order valence-corrected chi connectivity index (χ4v) is 6.47. The van der Waals surface area contributed by atoms with E-state index in [1.54, 1.807) is 11.0 Å². The van der Waals surface area contributed by atoms with E-state index in [0.29, 0.717) is 11.0 Å². The van der Waals surface area contributed by atoms with Crippen molar-refractivity contribution in [2.45, 2.75) is 58.4 Å². The van der Waals surface area contributed by atoms with Crippen LogP contribution in [0.15, 0.2) is 24.5 Å². The summed E-state index contributed by atoms with van der Waals surface area (Å²) in [7, 11) is 0. The molecule has 1 heterocycles. The van der Waals surface area contributed by atoms with Crippen LogP contribution in [0.2, 0.25) is 0 Å². The van der Waals surface area contributed by atoms with E-state index in [-0.39, 0.29) is 11.9 Å².